The number of sulfonamides is 1. The fourth-order valence-electron chi connectivity index (χ4n) is 2.55. The molecule has 1 fully saturated rings. The summed E-state index contributed by atoms with van der Waals surface area (Å²) >= 11 is 0. The topological polar surface area (TPSA) is 94.2 Å². The number of rotatable bonds is 8. The van der Waals surface area contributed by atoms with Gasteiger partial charge in [-0.2, -0.15) is 0 Å². The van der Waals surface area contributed by atoms with E-state index >= 15 is 0 Å². The molecule has 0 atom stereocenters. The molecular weight excluding hydrogens is 348 g/mol. The van der Waals surface area contributed by atoms with Gasteiger partial charge in [-0.3, -0.25) is 9.62 Å². The van der Waals surface area contributed by atoms with Gasteiger partial charge in [0, 0.05) is 13.1 Å². The molecule has 0 saturated carbocycles. The van der Waals surface area contributed by atoms with Gasteiger partial charge in [0.2, 0.25) is 10.0 Å². The van der Waals surface area contributed by atoms with E-state index in [1.807, 2.05) is 0 Å². The van der Waals surface area contributed by atoms with E-state index in [1.165, 1.54) is 32.4 Å². The predicted octanol–water partition coefficient (Wildman–Crippen LogP) is 0.946. The highest BCUT2D eigenvalue weighted by Gasteiger charge is 2.17. The van der Waals surface area contributed by atoms with Crippen molar-refractivity contribution < 1.29 is 27.4 Å². The van der Waals surface area contributed by atoms with Gasteiger partial charge in [-0.1, -0.05) is 0 Å². The number of esters is 1. The van der Waals surface area contributed by atoms with Gasteiger partial charge >= 0.3 is 5.97 Å². The highest BCUT2D eigenvalue weighted by atomic mass is 32.2. The molecular formula is C16H24N2O6S. The number of nitrogens with zero attached hydrogens (tertiary/aromatic N) is 1. The van der Waals surface area contributed by atoms with Crippen LogP contribution in [0, 0.1) is 0 Å². The molecule has 0 amide bonds. The maximum atomic E-state index is 12.3. The first-order chi connectivity index (χ1) is 11.9. The number of methoxy groups -OCH3 is 2. The number of carbonyl (C=O) groups excluding carboxylic acids is 1. The second kappa shape index (κ2) is 9.02. The number of hydrogen-bond donors (Lipinski definition) is 1. The smallest absolute Gasteiger partial charge is 0.337 e. The zero-order valence-electron chi connectivity index (χ0n) is 14.5. The second-order valence-electron chi connectivity index (χ2n) is 5.64. The molecule has 1 heterocycles. The van der Waals surface area contributed by atoms with Crippen molar-refractivity contribution in [1.82, 2.24) is 4.90 Å². The lowest BCUT2D eigenvalue weighted by Gasteiger charge is -2.26. The van der Waals surface area contributed by atoms with Crippen molar-refractivity contribution in [2.45, 2.75) is 6.42 Å². The number of anilines is 1. The van der Waals surface area contributed by atoms with Crippen LogP contribution in [-0.2, 0) is 19.5 Å². The minimum Gasteiger partial charge on any atom is -0.495 e. The van der Waals surface area contributed by atoms with Crippen LogP contribution < -0.4 is 9.46 Å². The highest BCUT2D eigenvalue weighted by Crippen LogP contribution is 2.27. The number of ether oxygens (including phenoxy) is 3. The summed E-state index contributed by atoms with van der Waals surface area (Å²) in [4.78, 5) is 13.8. The Bertz CT molecular complexity index is 686. The lowest BCUT2D eigenvalue weighted by Crippen LogP contribution is -2.37. The average molecular weight is 372 g/mol. The van der Waals surface area contributed by atoms with Crippen LogP contribution in [0.2, 0.25) is 0 Å². The Morgan fingerprint density at radius 3 is 2.64 bits per heavy atom. The molecule has 8 nitrogen and oxygen atoms in total. The first kappa shape index (κ1) is 19.5. The highest BCUT2D eigenvalue weighted by molar-refractivity contribution is 7.92. The van der Waals surface area contributed by atoms with Gasteiger partial charge in [-0.05, 0) is 31.2 Å². The molecule has 1 aliphatic heterocycles. The minimum atomic E-state index is -3.56. The minimum absolute atomic E-state index is 0.0179. The van der Waals surface area contributed by atoms with Crippen LogP contribution in [0.15, 0.2) is 18.2 Å². The van der Waals surface area contributed by atoms with Crippen LogP contribution in [0.4, 0.5) is 5.69 Å². The van der Waals surface area contributed by atoms with Crippen molar-refractivity contribution in [3.05, 3.63) is 23.8 Å². The molecule has 0 unspecified atom stereocenters. The van der Waals surface area contributed by atoms with Gasteiger partial charge in [0.1, 0.15) is 5.75 Å². The van der Waals surface area contributed by atoms with Gasteiger partial charge < -0.3 is 14.2 Å². The Morgan fingerprint density at radius 1 is 1.28 bits per heavy atom. The lowest BCUT2D eigenvalue weighted by atomic mass is 10.2. The van der Waals surface area contributed by atoms with Gasteiger partial charge in [-0.15, -0.1) is 0 Å². The van der Waals surface area contributed by atoms with Crippen molar-refractivity contribution >= 4 is 21.7 Å². The van der Waals surface area contributed by atoms with Crippen LogP contribution in [0.5, 0.6) is 5.75 Å². The molecule has 0 aromatic heterocycles. The van der Waals surface area contributed by atoms with Gasteiger partial charge in [-0.25, -0.2) is 13.2 Å². The molecule has 140 valence electrons. The second-order valence-corrected chi connectivity index (χ2v) is 7.48. The summed E-state index contributed by atoms with van der Waals surface area (Å²) < 4.78 is 42.2. The fourth-order valence-corrected chi connectivity index (χ4v) is 3.66. The summed E-state index contributed by atoms with van der Waals surface area (Å²) in [5.74, 6) is -0.226. The van der Waals surface area contributed by atoms with Crippen LogP contribution in [-0.4, -0.2) is 72.1 Å². The van der Waals surface area contributed by atoms with E-state index in [4.69, 9.17) is 9.47 Å². The van der Waals surface area contributed by atoms with E-state index in [0.29, 0.717) is 31.9 Å². The number of carbonyl (C=O) groups is 1. The molecule has 0 radical (unpaired) electrons. The Labute approximate surface area is 148 Å². The van der Waals surface area contributed by atoms with E-state index in [0.717, 1.165) is 13.1 Å². The molecule has 1 N–H and O–H groups in total. The van der Waals surface area contributed by atoms with E-state index < -0.39 is 16.0 Å². The molecule has 25 heavy (non-hydrogen) atoms. The maximum Gasteiger partial charge on any atom is 0.337 e. The van der Waals surface area contributed by atoms with Crippen molar-refractivity contribution in [2.75, 3.05) is 57.5 Å². The van der Waals surface area contributed by atoms with E-state index in [9.17, 15) is 13.2 Å². The fraction of sp³-hybridized carbons (Fsp3) is 0.562. The summed E-state index contributed by atoms with van der Waals surface area (Å²) in [6.45, 7) is 3.71. The van der Waals surface area contributed by atoms with Gasteiger partial charge in [0.05, 0.1) is 44.4 Å². The number of nitrogens with one attached hydrogen (secondary N) is 1. The summed E-state index contributed by atoms with van der Waals surface area (Å²) in [5, 5.41) is 0. The van der Waals surface area contributed by atoms with Gasteiger partial charge in [0.15, 0.2) is 0 Å². The van der Waals surface area contributed by atoms with E-state index in [2.05, 4.69) is 14.4 Å². The standard InChI is InChI=1S/C16H24N2O6S/c1-22-15-5-4-13(16(19)23-2)12-14(15)17-25(20,21)11-3-6-18-7-9-24-10-8-18/h4-5,12,17H,3,6-11H2,1-2H3. The van der Waals surface area contributed by atoms with Gasteiger partial charge in [0.25, 0.3) is 0 Å². The summed E-state index contributed by atoms with van der Waals surface area (Å²) in [7, 11) is -0.857. The zero-order chi connectivity index (χ0) is 18.3. The third kappa shape index (κ3) is 5.87. The molecule has 1 aliphatic rings. The first-order valence-corrected chi connectivity index (χ1v) is 9.67. The normalized spacial score (nSPS) is 15.6. The first-order valence-electron chi connectivity index (χ1n) is 8.02. The number of hydrogen-bond acceptors (Lipinski definition) is 7. The average Bonchev–Trinajstić information content (AvgIpc) is 2.61. The van der Waals surface area contributed by atoms with E-state index in [1.54, 1.807) is 0 Å². The monoisotopic (exact) mass is 372 g/mol. The third-order valence-corrected chi connectivity index (χ3v) is 5.23. The molecule has 1 aromatic carbocycles. The van der Waals surface area contributed by atoms with E-state index in [-0.39, 0.29) is 17.0 Å². The number of benzene rings is 1. The van der Waals surface area contributed by atoms with Crippen LogP contribution in [0.3, 0.4) is 0 Å². The molecule has 0 bridgehead atoms. The van der Waals surface area contributed by atoms with Crippen molar-refractivity contribution in [3.8, 4) is 5.75 Å². The van der Waals surface area contributed by atoms with Crippen LogP contribution >= 0.6 is 0 Å². The summed E-state index contributed by atoms with van der Waals surface area (Å²) in [5.41, 5.74) is 0.464. The molecule has 0 spiro atoms. The quantitative estimate of drug-likeness (QED) is 0.679. The Balaban J connectivity index is 1.99. The Kier molecular flexibility index (Phi) is 7.03. The summed E-state index contributed by atoms with van der Waals surface area (Å²) in [6.07, 6.45) is 0.508. The lowest BCUT2D eigenvalue weighted by molar-refractivity contribution is 0.0381. The maximum absolute atomic E-state index is 12.3. The molecule has 0 aliphatic carbocycles. The third-order valence-electron chi connectivity index (χ3n) is 3.88. The SMILES string of the molecule is COC(=O)c1ccc(OC)c(NS(=O)(=O)CCCN2CCOCC2)c1. The molecule has 1 aromatic rings. The van der Waals surface area contributed by atoms with Crippen molar-refractivity contribution in [1.29, 1.82) is 0 Å². The van der Waals surface area contributed by atoms with Crippen LogP contribution in [0.1, 0.15) is 16.8 Å². The largest absolute Gasteiger partial charge is 0.495 e. The van der Waals surface area contributed by atoms with Crippen molar-refractivity contribution in [2.24, 2.45) is 0 Å². The van der Waals surface area contributed by atoms with Crippen LogP contribution in [0.25, 0.3) is 0 Å². The molecule has 2 rings (SSSR count). The Morgan fingerprint density at radius 2 is 2.00 bits per heavy atom. The molecule has 1 saturated heterocycles. The van der Waals surface area contributed by atoms with Crippen molar-refractivity contribution in [3.63, 3.8) is 0 Å². The summed E-state index contributed by atoms with van der Waals surface area (Å²) in [6, 6.07) is 4.45. The number of morpholine rings is 1. The zero-order valence-corrected chi connectivity index (χ0v) is 15.3. The molecule has 9 heteroatoms. The Hall–Kier alpha value is -1.84. The predicted molar refractivity (Wildman–Crippen MR) is 93.6 cm³/mol.